The molecule has 0 saturated heterocycles. The molecule has 0 aliphatic rings. The SMILES string of the molecule is CCCCC/C=C\C/C=C\C/C=C\C/C=C\CCCCCCCCCCCC(=O)OCC(O)COP(=O)(O)OCC(O)COP(=O)(O)OCC(COC(=O)CCCCCCC/C=C\C/C=C\C/C=C\C/C=C\CCCCC)OC(=O)CCCCCCCCCCCCCCCCC. The largest absolute Gasteiger partial charge is 0.472 e. The predicted octanol–water partition coefficient (Wildman–Crippen LogP) is 22.2. The van der Waals surface area contributed by atoms with Crippen molar-refractivity contribution < 1.29 is 75.8 Å². The van der Waals surface area contributed by atoms with E-state index in [0.29, 0.717) is 19.3 Å². The number of allylic oxidation sites excluding steroid dienone is 16. The van der Waals surface area contributed by atoms with Crippen molar-refractivity contribution in [3.8, 4) is 0 Å². The summed E-state index contributed by atoms with van der Waals surface area (Å²) in [6.45, 7) is 2.63. The van der Waals surface area contributed by atoms with Crippen LogP contribution >= 0.6 is 15.6 Å². The molecular formula is C79H140O16P2. The van der Waals surface area contributed by atoms with Crippen molar-refractivity contribution in [2.24, 2.45) is 0 Å². The van der Waals surface area contributed by atoms with E-state index in [1.54, 1.807) is 0 Å². The summed E-state index contributed by atoms with van der Waals surface area (Å²) in [4.78, 5) is 58.6. The molecule has 0 heterocycles. The summed E-state index contributed by atoms with van der Waals surface area (Å²) in [6, 6.07) is 0. The molecule has 0 aromatic heterocycles. The maximum absolute atomic E-state index is 13.0. The van der Waals surface area contributed by atoms with Gasteiger partial charge in [-0.3, -0.25) is 32.5 Å². The number of phosphoric ester groups is 2. The summed E-state index contributed by atoms with van der Waals surface area (Å²) in [5.41, 5.74) is 0. The summed E-state index contributed by atoms with van der Waals surface area (Å²) in [7, 11) is -9.79. The van der Waals surface area contributed by atoms with Crippen LogP contribution < -0.4 is 0 Å². The molecule has 0 rings (SSSR count). The third kappa shape index (κ3) is 73.5. The Morgan fingerprint density at radius 1 is 0.289 bits per heavy atom. The van der Waals surface area contributed by atoms with E-state index >= 15 is 0 Å². The van der Waals surface area contributed by atoms with E-state index in [1.165, 1.54) is 141 Å². The smallest absolute Gasteiger partial charge is 0.463 e. The number of carbonyl (C=O) groups excluding carboxylic acids is 3. The Morgan fingerprint density at radius 2 is 0.515 bits per heavy atom. The molecule has 0 saturated carbocycles. The van der Waals surface area contributed by atoms with E-state index in [1.807, 2.05) is 0 Å². The molecule has 0 aromatic carbocycles. The number of rotatable bonds is 73. The Hall–Kier alpha value is -3.53. The minimum Gasteiger partial charge on any atom is -0.463 e. The zero-order valence-electron chi connectivity index (χ0n) is 61.2. The van der Waals surface area contributed by atoms with Crippen molar-refractivity contribution in [2.75, 3.05) is 39.6 Å². The van der Waals surface area contributed by atoms with Gasteiger partial charge >= 0.3 is 33.6 Å². The van der Waals surface area contributed by atoms with Crippen molar-refractivity contribution in [1.82, 2.24) is 0 Å². The van der Waals surface area contributed by atoms with Crippen molar-refractivity contribution in [3.05, 3.63) is 97.2 Å². The Balaban J connectivity index is 4.61. The van der Waals surface area contributed by atoms with Gasteiger partial charge < -0.3 is 34.2 Å². The van der Waals surface area contributed by atoms with Gasteiger partial charge in [-0.1, -0.05) is 298 Å². The second-order valence-corrected chi connectivity index (χ2v) is 28.7. The summed E-state index contributed by atoms with van der Waals surface area (Å²) >= 11 is 0. The zero-order chi connectivity index (χ0) is 70.9. The molecule has 0 aliphatic carbocycles. The number of unbranched alkanes of at least 4 members (excludes halogenated alkanes) is 34. The second kappa shape index (κ2) is 72.3. The van der Waals surface area contributed by atoms with Gasteiger partial charge in [0.05, 0.1) is 26.4 Å². The van der Waals surface area contributed by atoms with Gasteiger partial charge in [-0.15, -0.1) is 0 Å². The number of esters is 3. The number of carbonyl (C=O) groups is 3. The molecule has 0 spiro atoms. The lowest BCUT2D eigenvalue weighted by Gasteiger charge is -2.21. The maximum Gasteiger partial charge on any atom is 0.472 e. The average molecular weight is 1410 g/mol. The number of hydrogen-bond donors (Lipinski definition) is 4. The molecule has 5 atom stereocenters. The highest BCUT2D eigenvalue weighted by atomic mass is 31.2. The first-order chi connectivity index (χ1) is 47.2. The molecule has 97 heavy (non-hydrogen) atoms. The molecule has 16 nitrogen and oxygen atoms in total. The summed E-state index contributed by atoms with van der Waals surface area (Å²) in [5, 5.41) is 20.6. The van der Waals surface area contributed by atoms with E-state index in [4.69, 9.17) is 32.3 Å². The van der Waals surface area contributed by atoms with Crippen LogP contribution in [0.5, 0.6) is 0 Å². The molecule has 4 N–H and O–H groups in total. The highest BCUT2D eigenvalue weighted by Crippen LogP contribution is 2.45. The standard InChI is InChI=1S/C79H140O16P2/c1-4-7-10-13-16-19-22-25-28-30-32-34-35-36-37-39-41-42-45-47-50-53-56-59-62-65-77(82)89-68-74(80)69-91-96(85,86)92-70-75(81)71-93-97(87,88)94-73-76(95-79(84)67-64-61-58-55-52-49-44-27-24-21-18-15-12-9-6-3)72-90-78(83)66-63-60-57-54-51-48-46-43-40-38-33-31-29-26-23-20-17-14-11-8-5-2/h16-17,19-20,25-26,28-29,32-34,36-38,43,46,74-76,80-81H,4-15,18,21-24,27,30-31,35,39-42,44-45,47-73H2,1-3H3,(H,85,86)(H,87,88)/b19-16-,20-17-,28-25-,29-26-,34-32-,37-36-,38-33-,46-43-. The Morgan fingerprint density at radius 3 is 0.835 bits per heavy atom. The monoisotopic (exact) mass is 1410 g/mol. The average Bonchev–Trinajstić information content (AvgIpc) is 1.82. The fourth-order valence-corrected chi connectivity index (χ4v) is 11.9. The van der Waals surface area contributed by atoms with Crippen molar-refractivity contribution in [2.45, 2.75) is 347 Å². The first-order valence-electron chi connectivity index (χ1n) is 38.5. The van der Waals surface area contributed by atoms with Crippen LogP contribution in [0.4, 0.5) is 0 Å². The van der Waals surface area contributed by atoms with Crippen LogP contribution in [-0.2, 0) is 55.8 Å². The molecule has 0 fully saturated rings. The van der Waals surface area contributed by atoms with Crippen LogP contribution in [-0.4, -0.2) is 95.9 Å². The van der Waals surface area contributed by atoms with E-state index in [9.17, 15) is 43.5 Å². The fourth-order valence-electron chi connectivity index (χ4n) is 10.4. The molecule has 5 unspecified atom stereocenters. The third-order valence-electron chi connectivity index (χ3n) is 16.3. The van der Waals surface area contributed by atoms with Gasteiger partial charge in [0.15, 0.2) is 6.10 Å². The lowest BCUT2D eigenvalue weighted by Crippen LogP contribution is -2.30. The Labute approximate surface area is 590 Å². The van der Waals surface area contributed by atoms with Crippen molar-refractivity contribution in [1.29, 1.82) is 0 Å². The topological polar surface area (TPSA) is 231 Å². The minimum absolute atomic E-state index is 0.103. The molecule has 0 aliphatic heterocycles. The van der Waals surface area contributed by atoms with E-state index in [2.05, 4.69) is 118 Å². The normalized spacial score (nSPS) is 14.6. The molecule has 0 aromatic rings. The maximum atomic E-state index is 13.0. The number of aliphatic hydroxyl groups excluding tert-OH is 2. The van der Waals surface area contributed by atoms with Gasteiger partial charge in [0.1, 0.15) is 25.4 Å². The lowest BCUT2D eigenvalue weighted by atomic mass is 10.0. The van der Waals surface area contributed by atoms with E-state index < -0.39 is 91.5 Å². The molecular weight excluding hydrogens is 1270 g/mol. The number of phosphoric acid groups is 2. The highest BCUT2D eigenvalue weighted by Gasteiger charge is 2.29. The third-order valence-corrected chi connectivity index (χ3v) is 18.2. The second-order valence-electron chi connectivity index (χ2n) is 25.8. The van der Waals surface area contributed by atoms with Gasteiger partial charge in [0.25, 0.3) is 0 Å². The number of ether oxygens (including phenoxy) is 3. The van der Waals surface area contributed by atoms with Gasteiger partial charge in [0.2, 0.25) is 0 Å². The molecule has 0 bridgehead atoms. The lowest BCUT2D eigenvalue weighted by molar-refractivity contribution is -0.161. The summed E-state index contributed by atoms with van der Waals surface area (Å²) < 4.78 is 61.1. The molecule has 0 amide bonds. The van der Waals surface area contributed by atoms with Gasteiger partial charge in [-0.2, -0.15) is 0 Å². The van der Waals surface area contributed by atoms with Crippen LogP contribution in [0.15, 0.2) is 97.2 Å². The molecule has 18 heteroatoms. The van der Waals surface area contributed by atoms with Gasteiger partial charge in [0, 0.05) is 19.3 Å². The van der Waals surface area contributed by atoms with Gasteiger partial charge in [-0.05, 0) is 109 Å². The van der Waals surface area contributed by atoms with E-state index in [0.717, 1.165) is 128 Å². The number of aliphatic hydroxyl groups is 2. The Bertz CT molecular complexity index is 2150. The van der Waals surface area contributed by atoms with Crippen LogP contribution in [0.2, 0.25) is 0 Å². The summed E-state index contributed by atoms with van der Waals surface area (Å²) in [5.74, 6) is -1.59. The van der Waals surface area contributed by atoms with Crippen molar-refractivity contribution in [3.63, 3.8) is 0 Å². The highest BCUT2D eigenvalue weighted by molar-refractivity contribution is 7.47. The minimum atomic E-state index is -4.93. The number of hydrogen-bond acceptors (Lipinski definition) is 14. The van der Waals surface area contributed by atoms with Crippen LogP contribution in [0.25, 0.3) is 0 Å². The fraction of sp³-hybridized carbons (Fsp3) is 0.759. The zero-order valence-corrected chi connectivity index (χ0v) is 63.0. The quantitative estimate of drug-likeness (QED) is 0.0146. The van der Waals surface area contributed by atoms with Crippen LogP contribution in [0, 0.1) is 0 Å². The van der Waals surface area contributed by atoms with Crippen LogP contribution in [0.3, 0.4) is 0 Å². The Kier molecular flexibility index (Phi) is 69.6. The first kappa shape index (κ1) is 93.5. The predicted molar refractivity (Wildman–Crippen MR) is 399 cm³/mol. The molecule has 0 radical (unpaired) electrons. The summed E-state index contributed by atoms with van der Waals surface area (Å²) in [6.07, 6.45) is 81.5. The molecule has 562 valence electrons. The van der Waals surface area contributed by atoms with Gasteiger partial charge in [-0.25, -0.2) is 9.13 Å². The van der Waals surface area contributed by atoms with Crippen molar-refractivity contribution >= 4 is 33.6 Å². The van der Waals surface area contributed by atoms with E-state index in [-0.39, 0.29) is 19.3 Å². The first-order valence-corrected chi connectivity index (χ1v) is 41.5. The van der Waals surface area contributed by atoms with Crippen LogP contribution in [0.1, 0.15) is 329 Å².